The van der Waals surface area contributed by atoms with Crippen LogP contribution in [0.5, 0.6) is 0 Å². The van der Waals surface area contributed by atoms with E-state index in [1.807, 2.05) is 6.92 Å². The first-order chi connectivity index (χ1) is 15.1. The summed E-state index contributed by atoms with van der Waals surface area (Å²) in [5.74, 6) is -1.11. The van der Waals surface area contributed by atoms with Gasteiger partial charge in [0.15, 0.2) is 0 Å². The molecule has 1 amide bonds. The van der Waals surface area contributed by atoms with Gasteiger partial charge in [-0.2, -0.15) is 4.31 Å². The zero-order valence-corrected chi connectivity index (χ0v) is 19.7. The third-order valence-electron chi connectivity index (χ3n) is 4.80. The summed E-state index contributed by atoms with van der Waals surface area (Å²) in [4.78, 5) is 12.8. The molecule has 0 bridgehead atoms. The van der Waals surface area contributed by atoms with E-state index < -0.39 is 28.3 Å². The predicted molar refractivity (Wildman–Crippen MR) is 125 cm³/mol. The van der Waals surface area contributed by atoms with Crippen LogP contribution < -0.4 is 5.32 Å². The molecule has 3 aromatic rings. The number of hydrogen-bond acceptors (Lipinski definition) is 3. The molecule has 0 atom stereocenters. The van der Waals surface area contributed by atoms with E-state index in [2.05, 4.69) is 5.32 Å². The van der Waals surface area contributed by atoms with E-state index in [1.165, 1.54) is 30.3 Å². The van der Waals surface area contributed by atoms with Gasteiger partial charge in [0.25, 0.3) is 0 Å². The highest BCUT2D eigenvalue weighted by Crippen LogP contribution is 2.25. The minimum atomic E-state index is -4.02. The zero-order valence-electron chi connectivity index (χ0n) is 17.4. The average Bonchev–Trinajstić information content (AvgIpc) is 2.73. The van der Waals surface area contributed by atoms with Crippen LogP contribution in [-0.2, 0) is 21.4 Å². The predicted octanol–water partition coefficient (Wildman–Crippen LogP) is 5.58. The summed E-state index contributed by atoms with van der Waals surface area (Å²) in [6, 6.07) is 15.1. The fourth-order valence-corrected chi connectivity index (χ4v) is 4.71. The standard InChI is InChI=1S/C23H21Cl2FN2O3S/c1-15-3-8-19(9-4-15)32(30,31)28(13-17-6-10-20(24)21(25)11-17)14-23(29)27-22-12-18(26)7-5-16(22)2/h3-12H,13-14H2,1-2H3,(H,27,29). The fraction of sp³-hybridized carbons (Fsp3) is 0.174. The first-order valence-electron chi connectivity index (χ1n) is 9.63. The molecular weight excluding hydrogens is 474 g/mol. The number of halogens is 3. The lowest BCUT2D eigenvalue weighted by Crippen LogP contribution is -2.37. The Morgan fingerprint density at radius 2 is 1.66 bits per heavy atom. The van der Waals surface area contributed by atoms with Crippen LogP contribution in [0.25, 0.3) is 0 Å². The molecule has 0 aliphatic heterocycles. The van der Waals surface area contributed by atoms with Crippen LogP contribution >= 0.6 is 23.2 Å². The van der Waals surface area contributed by atoms with E-state index in [-0.39, 0.29) is 22.2 Å². The number of aryl methyl sites for hydroxylation is 2. The molecular formula is C23H21Cl2FN2O3S. The van der Waals surface area contributed by atoms with Gasteiger partial charge >= 0.3 is 0 Å². The molecule has 9 heteroatoms. The van der Waals surface area contributed by atoms with E-state index >= 15 is 0 Å². The molecule has 0 radical (unpaired) electrons. The van der Waals surface area contributed by atoms with Crippen LogP contribution in [0.4, 0.5) is 10.1 Å². The van der Waals surface area contributed by atoms with Crippen molar-refractivity contribution in [3.05, 3.63) is 93.2 Å². The number of hydrogen-bond donors (Lipinski definition) is 1. The molecule has 0 fully saturated rings. The highest BCUT2D eigenvalue weighted by molar-refractivity contribution is 7.89. The second-order valence-electron chi connectivity index (χ2n) is 7.34. The van der Waals surface area contributed by atoms with Crippen molar-refractivity contribution in [2.45, 2.75) is 25.3 Å². The molecule has 0 aromatic heterocycles. The maximum atomic E-state index is 13.6. The van der Waals surface area contributed by atoms with E-state index in [0.29, 0.717) is 16.1 Å². The van der Waals surface area contributed by atoms with Gasteiger partial charge in [-0.05, 0) is 61.4 Å². The molecule has 3 aromatic carbocycles. The second-order valence-corrected chi connectivity index (χ2v) is 10.1. The highest BCUT2D eigenvalue weighted by Gasteiger charge is 2.27. The van der Waals surface area contributed by atoms with Crippen molar-refractivity contribution in [2.75, 3.05) is 11.9 Å². The summed E-state index contributed by atoms with van der Waals surface area (Å²) in [5.41, 5.74) is 2.39. The lowest BCUT2D eigenvalue weighted by molar-refractivity contribution is -0.116. The first-order valence-corrected chi connectivity index (χ1v) is 11.8. The molecule has 0 spiro atoms. The highest BCUT2D eigenvalue weighted by atomic mass is 35.5. The summed E-state index contributed by atoms with van der Waals surface area (Å²) < 4.78 is 41.3. The van der Waals surface area contributed by atoms with Gasteiger partial charge in [0.2, 0.25) is 15.9 Å². The van der Waals surface area contributed by atoms with Gasteiger partial charge in [0.1, 0.15) is 5.82 Å². The molecule has 1 N–H and O–H groups in total. The van der Waals surface area contributed by atoms with Crippen LogP contribution in [0.1, 0.15) is 16.7 Å². The van der Waals surface area contributed by atoms with Crippen molar-refractivity contribution in [3.8, 4) is 0 Å². The normalized spacial score (nSPS) is 11.6. The van der Waals surface area contributed by atoms with Crippen LogP contribution in [-0.4, -0.2) is 25.2 Å². The van der Waals surface area contributed by atoms with Crippen LogP contribution in [0.2, 0.25) is 10.0 Å². The number of amides is 1. The van der Waals surface area contributed by atoms with Gasteiger partial charge in [0.05, 0.1) is 21.5 Å². The molecule has 0 aliphatic rings. The molecule has 3 rings (SSSR count). The van der Waals surface area contributed by atoms with Crippen molar-refractivity contribution in [2.24, 2.45) is 0 Å². The van der Waals surface area contributed by atoms with E-state index in [1.54, 1.807) is 37.3 Å². The maximum absolute atomic E-state index is 13.6. The molecule has 5 nitrogen and oxygen atoms in total. The Morgan fingerprint density at radius 1 is 0.969 bits per heavy atom. The number of nitrogens with one attached hydrogen (secondary N) is 1. The second kappa shape index (κ2) is 10.0. The van der Waals surface area contributed by atoms with E-state index in [9.17, 15) is 17.6 Å². The topological polar surface area (TPSA) is 66.5 Å². The Morgan fingerprint density at radius 3 is 2.31 bits per heavy atom. The molecule has 0 aliphatic carbocycles. The van der Waals surface area contributed by atoms with Crippen LogP contribution in [0.15, 0.2) is 65.6 Å². The number of rotatable bonds is 7. The lowest BCUT2D eigenvalue weighted by Gasteiger charge is -2.22. The SMILES string of the molecule is Cc1ccc(S(=O)(=O)N(CC(=O)Nc2cc(F)ccc2C)Cc2ccc(Cl)c(Cl)c2)cc1. The maximum Gasteiger partial charge on any atom is 0.243 e. The molecule has 32 heavy (non-hydrogen) atoms. The van der Waals surface area contributed by atoms with E-state index in [4.69, 9.17) is 23.2 Å². The number of sulfonamides is 1. The Balaban J connectivity index is 1.92. The van der Waals surface area contributed by atoms with Gasteiger partial charge in [-0.25, -0.2) is 12.8 Å². The van der Waals surface area contributed by atoms with Crippen LogP contribution in [0, 0.1) is 19.7 Å². The third kappa shape index (κ3) is 5.86. The Hall–Kier alpha value is -2.45. The Bertz CT molecular complexity index is 1250. The van der Waals surface area contributed by atoms with Crippen molar-refractivity contribution in [3.63, 3.8) is 0 Å². The molecule has 168 valence electrons. The summed E-state index contributed by atoms with van der Waals surface area (Å²) in [7, 11) is -4.02. The minimum Gasteiger partial charge on any atom is -0.325 e. The minimum absolute atomic E-state index is 0.0536. The summed E-state index contributed by atoms with van der Waals surface area (Å²) in [6.45, 7) is 2.97. The van der Waals surface area contributed by atoms with Gasteiger partial charge < -0.3 is 5.32 Å². The van der Waals surface area contributed by atoms with E-state index in [0.717, 1.165) is 9.87 Å². The number of carbonyl (C=O) groups is 1. The van der Waals surface area contributed by atoms with Crippen LogP contribution in [0.3, 0.4) is 0 Å². The quantitative estimate of drug-likeness (QED) is 0.466. The number of nitrogens with zero attached hydrogens (tertiary/aromatic N) is 1. The third-order valence-corrected chi connectivity index (χ3v) is 7.34. The largest absolute Gasteiger partial charge is 0.325 e. The summed E-state index contributed by atoms with van der Waals surface area (Å²) >= 11 is 12.0. The lowest BCUT2D eigenvalue weighted by atomic mass is 10.2. The Labute approximate surface area is 196 Å². The Kier molecular flexibility index (Phi) is 7.56. The van der Waals surface area contributed by atoms with Gasteiger partial charge in [0, 0.05) is 12.2 Å². The number of carbonyl (C=O) groups excluding carboxylic acids is 1. The molecule has 0 heterocycles. The average molecular weight is 495 g/mol. The monoisotopic (exact) mass is 494 g/mol. The molecule has 0 saturated carbocycles. The summed E-state index contributed by atoms with van der Waals surface area (Å²) in [5, 5.41) is 3.20. The smallest absolute Gasteiger partial charge is 0.243 e. The molecule has 0 unspecified atom stereocenters. The van der Waals surface area contributed by atoms with Gasteiger partial charge in [-0.1, -0.05) is 53.0 Å². The molecule has 0 saturated heterocycles. The van der Waals surface area contributed by atoms with Crippen molar-refractivity contribution in [1.29, 1.82) is 0 Å². The van der Waals surface area contributed by atoms with Crippen molar-refractivity contribution >= 4 is 44.8 Å². The summed E-state index contributed by atoms with van der Waals surface area (Å²) in [6.07, 6.45) is 0. The van der Waals surface area contributed by atoms with Crippen molar-refractivity contribution < 1.29 is 17.6 Å². The van der Waals surface area contributed by atoms with Gasteiger partial charge in [-0.3, -0.25) is 4.79 Å². The van der Waals surface area contributed by atoms with Gasteiger partial charge in [-0.15, -0.1) is 0 Å². The fourth-order valence-electron chi connectivity index (χ4n) is 3.01. The van der Waals surface area contributed by atoms with Crippen molar-refractivity contribution in [1.82, 2.24) is 4.31 Å². The first kappa shape index (κ1) is 24.2. The zero-order chi connectivity index (χ0) is 23.5. The number of benzene rings is 3. The number of anilines is 1.